The first-order valence-electron chi connectivity index (χ1n) is 5.92. The number of hydrogen-bond donors (Lipinski definition) is 0. The molecule has 0 saturated carbocycles. The predicted octanol–water partition coefficient (Wildman–Crippen LogP) is 2.08. The lowest BCUT2D eigenvalue weighted by Gasteiger charge is -2.09. The Bertz CT molecular complexity index is 707. The molecule has 2 aromatic rings. The van der Waals surface area contributed by atoms with Crippen LogP contribution in [0.2, 0.25) is 0 Å². The molecular weight excluding hydrogens is 286 g/mol. The molecule has 1 unspecified atom stereocenters. The Balaban J connectivity index is 2.52. The number of imidazole rings is 1. The number of rotatable bonds is 4. The number of halogens is 1. The minimum absolute atomic E-state index is 0.0463. The lowest BCUT2D eigenvalue weighted by molar-refractivity contribution is 0.593. The molecule has 0 amide bonds. The summed E-state index contributed by atoms with van der Waals surface area (Å²) in [7, 11) is -3.04. The highest BCUT2D eigenvalue weighted by Crippen LogP contribution is 2.23. The maximum atomic E-state index is 11.3. The van der Waals surface area contributed by atoms with Crippen molar-refractivity contribution in [3.05, 3.63) is 23.7 Å². The van der Waals surface area contributed by atoms with Crippen molar-refractivity contribution in [2.75, 3.05) is 12.0 Å². The maximum absolute atomic E-state index is 11.3. The summed E-state index contributed by atoms with van der Waals surface area (Å²) in [5.41, 5.74) is 2.43. The fourth-order valence-corrected chi connectivity index (χ4v) is 2.59. The van der Waals surface area contributed by atoms with Gasteiger partial charge in [-0.05, 0) is 25.5 Å². The van der Waals surface area contributed by atoms with Crippen molar-refractivity contribution in [2.24, 2.45) is 0 Å². The van der Waals surface area contributed by atoms with E-state index in [-0.39, 0.29) is 11.1 Å². The standard InChI is InChI=1S/C12H16ClN3O2S/c1-8-6-10-12(14-7-8)16(4-5-19(3,17)18)11(15-10)9(2)13/h6-7,9H,4-5H2,1-3H3. The molecule has 2 rings (SSSR count). The zero-order chi connectivity index (χ0) is 14.2. The van der Waals surface area contributed by atoms with Gasteiger partial charge in [-0.2, -0.15) is 0 Å². The van der Waals surface area contributed by atoms with Crippen molar-refractivity contribution < 1.29 is 8.42 Å². The van der Waals surface area contributed by atoms with Crippen LogP contribution in [-0.2, 0) is 16.4 Å². The van der Waals surface area contributed by atoms with Gasteiger partial charge in [-0.15, -0.1) is 11.6 Å². The summed E-state index contributed by atoms with van der Waals surface area (Å²) in [5, 5.41) is -0.297. The highest BCUT2D eigenvalue weighted by Gasteiger charge is 2.17. The number of nitrogens with zero attached hydrogens (tertiary/aromatic N) is 3. The van der Waals surface area contributed by atoms with Gasteiger partial charge in [0.15, 0.2) is 5.65 Å². The molecule has 2 heterocycles. The second-order valence-corrected chi connectivity index (χ2v) is 7.64. The normalized spacial score (nSPS) is 13.9. The van der Waals surface area contributed by atoms with E-state index < -0.39 is 9.84 Å². The summed E-state index contributed by atoms with van der Waals surface area (Å²) in [4.78, 5) is 8.78. The quantitative estimate of drug-likeness (QED) is 0.811. The van der Waals surface area contributed by atoms with Crippen LogP contribution < -0.4 is 0 Å². The van der Waals surface area contributed by atoms with Gasteiger partial charge in [0.05, 0.1) is 11.1 Å². The molecule has 0 aromatic carbocycles. The van der Waals surface area contributed by atoms with Crippen LogP contribution >= 0.6 is 11.6 Å². The molecule has 1 atom stereocenters. The smallest absolute Gasteiger partial charge is 0.160 e. The Kier molecular flexibility index (Phi) is 3.82. The van der Waals surface area contributed by atoms with Crippen LogP contribution in [0.25, 0.3) is 11.2 Å². The second-order valence-electron chi connectivity index (χ2n) is 4.72. The highest BCUT2D eigenvalue weighted by molar-refractivity contribution is 7.90. The Hall–Kier alpha value is -1.14. The van der Waals surface area contributed by atoms with Gasteiger partial charge in [0.1, 0.15) is 21.2 Å². The zero-order valence-corrected chi connectivity index (χ0v) is 12.7. The van der Waals surface area contributed by atoms with Gasteiger partial charge >= 0.3 is 0 Å². The molecule has 0 fully saturated rings. The van der Waals surface area contributed by atoms with Crippen LogP contribution in [-0.4, -0.2) is 35.0 Å². The topological polar surface area (TPSA) is 64.8 Å². The summed E-state index contributed by atoms with van der Waals surface area (Å²) in [6.07, 6.45) is 2.96. The van der Waals surface area contributed by atoms with E-state index >= 15 is 0 Å². The van der Waals surface area contributed by atoms with Gasteiger partial charge in [0.2, 0.25) is 0 Å². The third-order valence-electron chi connectivity index (χ3n) is 2.79. The lowest BCUT2D eigenvalue weighted by atomic mass is 10.3. The third-order valence-corrected chi connectivity index (χ3v) is 3.91. The number of pyridine rings is 1. The molecule has 0 radical (unpaired) electrons. The molecule has 19 heavy (non-hydrogen) atoms. The van der Waals surface area contributed by atoms with E-state index in [0.717, 1.165) is 11.1 Å². The van der Waals surface area contributed by atoms with E-state index in [1.165, 1.54) is 6.26 Å². The third kappa shape index (κ3) is 3.25. The van der Waals surface area contributed by atoms with Gasteiger partial charge in [0, 0.05) is 19.0 Å². The predicted molar refractivity (Wildman–Crippen MR) is 76.2 cm³/mol. The average molecular weight is 302 g/mol. The van der Waals surface area contributed by atoms with Gasteiger partial charge in [0.25, 0.3) is 0 Å². The summed E-state index contributed by atoms with van der Waals surface area (Å²) in [5.74, 6) is 0.698. The van der Waals surface area contributed by atoms with Gasteiger partial charge in [-0.1, -0.05) is 0 Å². The molecule has 0 saturated heterocycles. The van der Waals surface area contributed by atoms with Crippen LogP contribution in [0.3, 0.4) is 0 Å². The fourth-order valence-electron chi connectivity index (χ4n) is 1.91. The van der Waals surface area contributed by atoms with Crippen molar-refractivity contribution in [2.45, 2.75) is 25.8 Å². The first-order chi connectivity index (χ1) is 8.78. The van der Waals surface area contributed by atoms with Crippen molar-refractivity contribution in [3.63, 3.8) is 0 Å². The number of fused-ring (bicyclic) bond motifs is 1. The Labute approximate surface area is 117 Å². The molecule has 2 aromatic heterocycles. The van der Waals surface area contributed by atoms with Crippen molar-refractivity contribution in [1.82, 2.24) is 14.5 Å². The number of alkyl halides is 1. The van der Waals surface area contributed by atoms with E-state index in [2.05, 4.69) is 9.97 Å². The molecule has 7 heteroatoms. The molecule has 0 aliphatic carbocycles. The molecule has 5 nitrogen and oxygen atoms in total. The molecule has 0 bridgehead atoms. The summed E-state index contributed by atoms with van der Waals surface area (Å²) in [6, 6.07) is 1.92. The Morgan fingerprint density at radius 3 is 2.74 bits per heavy atom. The molecule has 0 N–H and O–H groups in total. The average Bonchev–Trinajstić information content (AvgIpc) is 2.63. The summed E-state index contributed by atoms with van der Waals surface area (Å²) in [6.45, 7) is 4.07. The Morgan fingerprint density at radius 1 is 1.47 bits per heavy atom. The monoisotopic (exact) mass is 301 g/mol. The van der Waals surface area contributed by atoms with Gasteiger partial charge < -0.3 is 4.57 Å². The SMILES string of the molecule is Cc1cnc2c(c1)nc(C(C)Cl)n2CCS(C)(=O)=O. The molecule has 0 aliphatic rings. The molecule has 0 spiro atoms. The summed E-state index contributed by atoms with van der Waals surface area (Å²) >= 11 is 6.11. The Morgan fingerprint density at radius 2 is 2.16 bits per heavy atom. The first kappa shape index (κ1) is 14.3. The lowest BCUT2D eigenvalue weighted by Crippen LogP contribution is -2.14. The fraction of sp³-hybridized carbons (Fsp3) is 0.500. The first-order valence-corrected chi connectivity index (χ1v) is 8.42. The van der Waals surface area contributed by atoms with Crippen LogP contribution in [0, 0.1) is 6.92 Å². The van der Waals surface area contributed by atoms with Crippen molar-refractivity contribution >= 4 is 32.6 Å². The number of aryl methyl sites for hydroxylation is 2. The molecule has 0 aliphatic heterocycles. The minimum atomic E-state index is -3.04. The highest BCUT2D eigenvalue weighted by atomic mass is 35.5. The van der Waals surface area contributed by atoms with Crippen LogP contribution in [0.4, 0.5) is 0 Å². The van der Waals surface area contributed by atoms with Gasteiger partial charge in [-0.3, -0.25) is 0 Å². The van der Waals surface area contributed by atoms with Gasteiger partial charge in [-0.25, -0.2) is 18.4 Å². The van der Waals surface area contributed by atoms with Crippen LogP contribution in [0.5, 0.6) is 0 Å². The van der Waals surface area contributed by atoms with E-state index in [9.17, 15) is 8.42 Å². The van der Waals surface area contributed by atoms with Crippen LogP contribution in [0.15, 0.2) is 12.3 Å². The summed E-state index contributed by atoms with van der Waals surface area (Å²) < 4.78 is 24.4. The zero-order valence-electron chi connectivity index (χ0n) is 11.1. The van der Waals surface area contributed by atoms with E-state index in [1.54, 1.807) is 10.8 Å². The largest absolute Gasteiger partial charge is 0.310 e. The van der Waals surface area contributed by atoms with Crippen molar-refractivity contribution in [1.29, 1.82) is 0 Å². The minimum Gasteiger partial charge on any atom is -0.310 e. The second kappa shape index (κ2) is 5.09. The van der Waals surface area contributed by atoms with Crippen LogP contribution in [0.1, 0.15) is 23.7 Å². The van der Waals surface area contributed by atoms with E-state index in [4.69, 9.17) is 11.6 Å². The molecule has 104 valence electrons. The number of sulfone groups is 1. The maximum Gasteiger partial charge on any atom is 0.160 e. The van der Waals surface area contributed by atoms with E-state index in [1.807, 2.05) is 19.9 Å². The number of aromatic nitrogens is 3. The van der Waals surface area contributed by atoms with Crippen molar-refractivity contribution in [3.8, 4) is 0 Å². The molecular formula is C12H16ClN3O2S. The van der Waals surface area contributed by atoms with E-state index in [0.29, 0.717) is 18.0 Å². The number of hydrogen-bond acceptors (Lipinski definition) is 4.